The van der Waals surface area contributed by atoms with E-state index in [1.807, 2.05) is 73.6 Å². The van der Waals surface area contributed by atoms with Crippen LogP contribution in [0.5, 0.6) is 0 Å². The lowest BCUT2D eigenvalue weighted by Crippen LogP contribution is -2.60. The number of hydrogen-bond acceptors (Lipinski definition) is 6. The lowest BCUT2D eigenvalue weighted by Gasteiger charge is -2.49. The summed E-state index contributed by atoms with van der Waals surface area (Å²) in [6.07, 6.45) is 1.83. The maximum Gasteiger partial charge on any atom is 0.345 e. The number of carbonyl (C=O) groups is 2. The first-order valence-electron chi connectivity index (χ1n) is 12.6. The SMILES string of the molecule is CC1(C)CC(OC(=O)C(=Cc2ccccc2)C(=O)OC2CC(C)(C)N([O])C(C)(C)C2)CC(C)(C)N1[O]. The lowest BCUT2D eigenvalue weighted by atomic mass is 9.80. The quantitative estimate of drug-likeness (QED) is 0.247. The fraction of sp³-hybridized carbons (Fsp3) is 0.643. The highest BCUT2D eigenvalue weighted by atomic mass is 16.6. The highest BCUT2D eigenvalue weighted by Gasteiger charge is 2.49. The summed E-state index contributed by atoms with van der Waals surface area (Å²) in [5.74, 6) is -1.56. The van der Waals surface area contributed by atoms with Gasteiger partial charge in [-0.3, -0.25) is 0 Å². The van der Waals surface area contributed by atoms with Gasteiger partial charge in [0, 0.05) is 47.8 Å². The molecule has 0 unspecified atom stereocenters. The van der Waals surface area contributed by atoms with Gasteiger partial charge >= 0.3 is 11.9 Å². The van der Waals surface area contributed by atoms with Crippen molar-refractivity contribution in [2.45, 2.75) is 115 Å². The molecule has 198 valence electrons. The second-order valence-electron chi connectivity index (χ2n) is 12.7. The maximum absolute atomic E-state index is 13.4. The number of nitrogens with zero attached hydrogens (tertiary/aromatic N) is 2. The number of hydroxylamine groups is 4. The molecule has 1 aromatic rings. The second-order valence-corrected chi connectivity index (χ2v) is 12.7. The van der Waals surface area contributed by atoms with Crippen molar-refractivity contribution in [1.82, 2.24) is 10.1 Å². The number of benzene rings is 1. The van der Waals surface area contributed by atoms with Crippen molar-refractivity contribution in [1.29, 1.82) is 0 Å². The molecule has 2 heterocycles. The Labute approximate surface area is 214 Å². The van der Waals surface area contributed by atoms with E-state index in [1.54, 1.807) is 12.1 Å². The summed E-state index contributed by atoms with van der Waals surface area (Å²) in [4.78, 5) is 26.7. The molecule has 0 spiro atoms. The van der Waals surface area contributed by atoms with Gasteiger partial charge in [-0.1, -0.05) is 30.3 Å². The zero-order valence-electron chi connectivity index (χ0n) is 22.8. The van der Waals surface area contributed by atoms with Gasteiger partial charge in [0.05, 0.1) is 0 Å². The highest BCUT2D eigenvalue weighted by Crippen LogP contribution is 2.40. The number of hydrogen-bond donors (Lipinski definition) is 0. The maximum atomic E-state index is 13.4. The number of rotatable bonds is 5. The molecular weight excluding hydrogens is 460 g/mol. The fourth-order valence-electron chi connectivity index (χ4n) is 5.86. The van der Waals surface area contributed by atoms with E-state index in [0.29, 0.717) is 31.2 Å². The second kappa shape index (κ2) is 9.89. The Morgan fingerprint density at radius 1 is 0.694 bits per heavy atom. The molecule has 2 fully saturated rings. The van der Waals surface area contributed by atoms with Crippen molar-refractivity contribution in [2.24, 2.45) is 0 Å². The molecule has 2 aliphatic rings. The van der Waals surface area contributed by atoms with Gasteiger partial charge in [-0.05, 0) is 67.0 Å². The van der Waals surface area contributed by atoms with E-state index in [2.05, 4.69) is 0 Å². The topological polar surface area (TPSA) is 98.9 Å². The Morgan fingerprint density at radius 3 is 1.36 bits per heavy atom. The molecule has 1 aromatic carbocycles. The average molecular weight is 501 g/mol. The summed E-state index contributed by atoms with van der Waals surface area (Å²) < 4.78 is 11.6. The van der Waals surface area contributed by atoms with Crippen LogP contribution in [0.4, 0.5) is 0 Å². The predicted octanol–water partition coefficient (Wildman–Crippen LogP) is 4.89. The van der Waals surface area contributed by atoms with Crippen LogP contribution in [-0.2, 0) is 29.5 Å². The minimum Gasteiger partial charge on any atom is -0.458 e. The molecule has 2 radical (unpaired) electrons. The first kappa shape index (κ1) is 28.3. The Kier molecular flexibility index (Phi) is 7.78. The third kappa shape index (κ3) is 6.17. The molecule has 8 heteroatoms. The summed E-state index contributed by atoms with van der Waals surface area (Å²) in [5, 5.41) is 27.5. The summed E-state index contributed by atoms with van der Waals surface area (Å²) in [5.41, 5.74) is -2.44. The molecule has 8 nitrogen and oxygen atoms in total. The van der Waals surface area contributed by atoms with E-state index in [0.717, 1.165) is 10.1 Å². The molecule has 0 bridgehead atoms. The first-order chi connectivity index (χ1) is 16.4. The van der Waals surface area contributed by atoms with Crippen LogP contribution in [0.3, 0.4) is 0 Å². The molecule has 3 rings (SSSR count). The zero-order chi connectivity index (χ0) is 27.1. The lowest BCUT2D eigenvalue weighted by molar-refractivity contribution is -0.299. The van der Waals surface area contributed by atoms with Crippen molar-refractivity contribution in [2.75, 3.05) is 0 Å². The van der Waals surface area contributed by atoms with Crippen LogP contribution in [0.15, 0.2) is 35.9 Å². The normalized spacial score (nSPS) is 24.1. The van der Waals surface area contributed by atoms with E-state index >= 15 is 0 Å². The van der Waals surface area contributed by atoms with E-state index < -0.39 is 46.3 Å². The van der Waals surface area contributed by atoms with E-state index in [4.69, 9.17) is 9.47 Å². The summed E-state index contributed by atoms with van der Waals surface area (Å²) >= 11 is 0. The van der Waals surface area contributed by atoms with Gasteiger partial charge in [0.15, 0.2) is 0 Å². The molecule has 0 N–H and O–H groups in total. The van der Waals surface area contributed by atoms with Gasteiger partial charge in [0.25, 0.3) is 0 Å². The summed E-state index contributed by atoms with van der Waals surface area (Å²) in [6.45, 7) is 14.6. The van der Waals surface area contributed by atoms with Crippen LogP contribution in [0, 0.1) is 0 Å². The largest absolute Gasteiger partial charge is 0.458 e. The molecule has 36 heavy (non-hydrogen) atoms. The minimum atomic E-state index is -0.778. The van der Waals surface area contributed by atoms with Gasteiger partial charge in [0.1, 0.15) is 17.8 Å². The molecule has 2 aliphatic heterocycles. The number of carbonyl (C=O) groups excluding carboxylic acids is 2. The van der Waals surface area contributed by atoms with Crippen molar-refractivity contribution in [3.63, 3.8) is 0 Å². The van der Waals surface area contributed by atoms with Crippen molar-refractivity contribution >= 4 is 18.0 Å². The first-order valence-corrected chi connectivity index (χ1v) is 12.6. The summed E-state index contributed by atoms with van der Waals surface area (Å²) in [6, 6.07) is 9.03. The van der Waals surface area contributed by atoms with Crippen molar-refractivity contribution in [3.8, 4) is 0 Å². The molecular formula is C28H40N2O6. The highest BCUT2D eigenvalue weighted by molar-refractivity contribution is 6.17. The van der Waals surface area contributed by atoms with Crippen LogP contribution in [0.1, 0.15) is 86.6 Å². The van der Waals surface area contributed by atoms with Gasteiger partial charge in [-0.25, -0.2) is 9.59 Å². The smallest absolute Gasteiger partial charge is 0.345 e. The standard InChI is InChI=1S/C28H40N2O6/c1-25(2)15-20(16-26(3,4)29(25)33)35-23(31)22(14-19-12-10-9-11-13-19)24(32)36-21-17-27(5,6)30(34)28(7,8)18-21/h9-14,20-21H,15-18H2,1-8H3. The molecule has 0 saturated carbocycles. The van der Waals surface area contributed by atoms with Crippen LogP contribution < -0.4 is 0 Å². The molecule has 0 aliphatic carbocycles. The van der Waals surface area contributed by atoms with Crippen molar-refractivity contribution < 1.29 is 29.5 Å². The third-order valence-electron chi connectivity index (χ3n) is 7.21. The average Bonchev–Trinajstić information content (AvgIpc) is 2.73. The Morgan fingerprint density at radius 2 is 1.03 bits per heavy atom. The molecule has 0 aromatic heterocycles. The monoisotopic (exact) mass is 500 g/mol. The van der Waals surface area contributed by atoms with Crippen LogP contribution >= 0.6 is 0 Å². The van der Waals surface area contributed by atoms with Crippen LogP contribution in [-0.4, -0.2) is 56.4 Å². The van der Waals surface area contributed by atoms with E-state index in [9.17, 15) is 20.0 Å². The molecule has 0 amide bonds. The minimum absolute atomic E-state index is 0.207. The summed E-state index contributed by atoms with van der Waals surface area (Å²) in [7, 11) is 0. The van der Waals surface area contributed by atoms with Crippen molar-refractivity contribution in [3.05, 3.63) is 41.5 Å². The Bertz CT molecular complexity index is 905. The van der Waals surface area contributed by atoms with Gasteiger partial charge in [0.2, 0.25) is 0 Å². The number of piperidine rings is 2. The Hall–Kier alpha value is -2.26. The van der Waals surface area contributed by atoms with Crippen LogP contribution in [0.25, 0.3) is 6.08 Å². The molecule has 2 saturated heterocycles. The van der Waals surface area contributed by atoms with Gasteiger partial charge < -0.3 is 9.47 Å². The fourth-order valence-corrected chi connectivity index (χ4v) is 5.86. The third-order valence-corrected chi connectivity index (χ3v) is 7.21. The van der Waals surface area contributed by atoms with Crippen LogP contribution in [0.2, 0.25) is 0 Å². The molecule has 0 atom stereocenters. The van der Waals surface area contributed by atoms with Gasteiger partial charge in [-0.2, -0.15) is 0 Å². The predicted molar refractivity (Wildman–Crippen MR) is 134 cm³/mol. The van der Waals surface area contributed by atoms with E-state index in [1.165, 1.54) is 6.08 Å². The number of ether oxygens (including phenoxy) is 2. The zero-order valence-corrected chi connectivity index (χ0v) is 22.8. The Balaban J connectivity index is 1.84. The van der Waals surface area contributed by atoms with Gasteiger partial charge in [-0.15, -0.1) is 20.5 Å². The number of esters is 2. The van der Waals surface area contributed by atoms with E-state index in [-0.39, 0.29) is 5.57 Å².